The smallest absolute Gasteiger partial charge is 0.187 e. The van der Waals surface area contributed by atoms with Crippen molar-refractivity contribution in [2.75, 3.05) is 11.1 Å². The summed E-state index contributed by atoms with van der Waals surface area (Å²) in [4.78, 5) is 11.8. The second kappa shape index (κ2) is 5.68. The molecule has 0 bridgehead atoms. The van der Waals surface area contributed by atoms with Crippen molar-refractivity contribution in [2.24, 2.45) is 0 Å². The maximum atomic E-state index is 11.8. The second-order valence-corrected chi connectivity index (χ2v) is 3.80. The summed E-state index contributed by atoms with van der Waals surface area (Å²) >= 11 is 0. The van der Waals surface area contributed by atoms with Crippen LogP contribution in [0.2, 0.25) is 0 Å². The Morgan fingerprint density at radius 3 is 2.39 bits per heavy atom. The number of hydrogen-bond acceptors (Lipinski definition) is 3. The zero-order valence-corrected chi connectivity index (χ0v) is 9.84. The molecule has 0 fully saturated rings. The van der Waals surface area contributed by atoms with E-state index in [1.54, 1.807) is 24.4 Å². The van der Waals surface area contributed by atoms with Crippen molar-refractivity contribution < 1.29 is 4.79 Å². The first-order valence-electron chi connectivity index (χ1n) is 5.64. The molecular weight excluding hydrogens is 224 g/mol. The Bertz CT molecular complexity index is 562. The minimum Gasteiger partial charge on any atom is -0.397 e. The van der Waals surface area contributed by atoms with Gasteiger partial charge in [-0.15, -0.1) is 0 Å². The summed E-state index contributed by atoms with van der Waals surface area (Å²) in [6.07, 6.45) is 3.09. The molecule has 2 rings (SSSR count). The van der Waals surface area contributed by atoms with Crippen molar-refractivity contribution in [3.05, 3.63) is 72.4 Å². The number of ketones is 1. The molecule has 0 amide bonds. The van der Waals surface area contributed by atoms with Crippen LogP contribution in [0.15, 0.2) is 66.9 Å². The normalized spacial score (nSPS) is 10.4. The second-order valence-electron chi connectivity index (χ2n) is 3.80. The van der Waals surface area contributed by atoms with E-state index in [1.807, 2.05) is 36.4 Å². The summed E-state index contributed by atoms with van der Waals surface area (Å²) in [5, 5.41) is 2.99. The Labute approximate surface area is 106 Å². The molecule has 0 radical (unpaired) electrons. The quantitative estimate of drug-likeness (QED) is 0.489. The lowest BCUT2D eigenvalue weighted by molar-refractivity contribution is 0.104. The monoisotopic (exact) mass is 238 g/mol. The van der Waals surface area contributed by atoms with Crippen molar-refractivity contribution in [1.29, 1.82) is 0 Å². The van der Waals surface area contributed by atoms with Gasteiger partial charge in [0.15, 0.2) is 5.78 Å². The van der Waals surface area contributed by atoms with E-state index in [0.29, 0.717) is 11.3 Å². The van der Waals surface area contributed by atoms with E-state index in [4.69, 9.17) is 5.73 Å². The van der Waals surface area contributed by atoms with Crippen molar-refractivity contribution in [2.45, 2.75) is 0 Å². The van der Waals surface area contributed by atoms with Crippen LogP contribution in [0.1, 0.15) is 10.4 Å². The van der Waals surface area contributed by atoms with E-state index in [0.717, 1.165) is 5.69 Å². The minimum atomic E-state index is -0.0439. The van der Waals surface area contributed by atoms with E-state index in [9.17, 15) is 4.79 Å². The van der Waals surface area contributed by atoms with Gasteiger partial charge in [-0.2, -0.15) is 0 Å². The average Bonchev–Trinajstić information content (AvgIpc) is 2.42. The SMILES string of the molecule is Nc1ccccc1N/C=C\C(=O)c1ccccc1. The van der Waals surface area contributed by atoms with Crippen LogP contribution in [-0.2, 0) is 0 Å². The fourth-order valence-corrected chi connectivity index (χ4v) is 1.53. The fourth-order valence-electron chi connectivity index (χ4n) is 1.53. The van der Waals surface area contributed by atoms with Gasteiger partial charge in [-0.05, 0) is 12.1 Å². The Hall–Kier alpha value is -2.55. The summed E-state index contributed by atoms with van der Waals surface area (Å²) in [6.45, 7) is 0. The van der Waals surface area contributed by atoms with Crippen molar-refractivity contribution in [3.8, 4) is 0 Å². The first-order chi connectivity index (χ1) is 8.77. The lowest BCUT2D eigenvalue weighted by Gasteiger charge is -2.03. The van der Waals surface area contributed by atoms with Crippen LogP contribution < -0.4 is 11.1 Å². The Morgan fingerprint density at radius 1 is 1.00 bits per heavy atom. The number of carbonyl (C=O) groups excluding carboxylic acids is 1. The van der Waals surface area contributed by atoms with E-state index in [2.05, 4.69) is 5.32 Å². The molecule has 0 saturated carbocycles. The number of anilines is 2. The summed E-state index contributed by atoms with van der Waals surface area (Å²) in [5.41, 5.74) is 7.86. The number of allylic oxidation sites excluding steroid dienone is 1. The zero-order valence-electron chi connectivity index (χ0n) is 9.84. The summed E-state index contributed by atoms with van der Waals surface area (Å²) in [6, 6.07) is 16.5. The van der Waals surface area contributed by atoms with Crippen LogP contribution in [0.25, 0.3) is 0 Å². The highest BCUT2D eigenvalue weighted by atomic mass is 16.1. The van der Waals surface area contributed by atoms with Crippen LogP contribution in [0.4, 0.5) is 11.4 Å². The van der Waals surface area contributed by atoms with Gasteiger partial charge in [-0.1, -0.05) is 42.5 Å². The highest BCUT2D eigenvalue weighted by Gasteiger charge is 1.99. The van der Waals surface area contributed by atoms with Gasteiger partial charge in [0.25, 0.3) is 0 Å². The summed E-state index contributed by atoms with van der Waals surface area (Å²) in [5.74, 6) is -0.0439. The predicted octanol–water partition coefficient (Wildman–Crippen LogP) is 3.08. The molecule has 2 aromatic rings. The van der Waals surface area contributed by atoms with Crippen molar-refractivity contribution >= 4 is 17.2 Å². The number of nitrogens with two attached hydrogens (primary N) is 1. The lowest BCUT2D eigenvalue weighted by atomic mass is 10.1. The predicted molar refractivity (Wildman–Crippen MR) is 74.4 cm³/mol. The molecule has 0 aliphatic heterocycles. The topological polar surface area (TPSA) is 55.1 Å². The molecule has 3 heteroatoms. The molecular formula is C15H14N2O. The Kier molecular flexibility index (Phi) is 3.76. The zero-order chi connectivity index (χ0) is 12.8. The van der Waals surface area contributed by atoms with Gasteiger partial charge >= 0.3 is 0 Å². The van der Waals surface area contributed by atoms with E-state index in [-0.39, 0.29) is 5.78 Å². The largest absolute Gasteiger partial charge is 0.397 e. The summed E-state index contributed by atoms with van der Waals surface area (Å²) in [7, 11) is 0. The Morgan fingerprint density at radius 2 is 1.67 bits per heavy atom. The molecule has 0 aromatic heterocycles. The number of nitrogens with one attached hydrogen (secondary N) is 1. The van der Waals surface area contributed by atoms with E-state index >= 15 is 0 Å². The van der Waals surface area contributed by atoms with Crippen LogP contribution in [0.5, 0.6) is 0 Å². The first kappa shape index (κ1) is 11.9. The highest BCUT2D eigenvalue weighted by Crippen LogP contribution is 2.16. The maximum Gasteiger partial charge on any atom is 0.187 e. The number of rotatable bonds is 4. The van der Waals surface area contributed by atoms with E-state index < -0.39 is 0 Å². The van der Waals surface area contributed by atoms with Crippen molar-refractivity contribution in [3.63, 3.8) is 0 Å². The molecule has 0 aliphatic carbocycles. The number of benzene rings is 2. The molecule has 0 saturated heterocycles. The molecule has 2 aromatic carbocycles. The van der Waals surface area contributed by atoms with Gasteiger partial charge in [-0.25, -0.2) is 0 Å². The molecule has 18 heavy (non-hydrogen) atoms. The molecule has 0 heterocycles. The van der Waals surface area contributed by atoms with Gasteiger partial charge in [0.05, 0.1) is 11.4 Å². The first-order valence-corrected chi connectivity index (χ1v) is 5.64. The lowest BCUT2D eigenvalue weighted by Crippen LogP contribution is -1.97. The summed E-state index contributed by atoms with van der Waals surface area (Å²) < 4.78 is 0. The van der Waals surface area contributed by atoms with Gasteiger partial charge in [0.1, 0.15) is 0 Å². The number of hydrogen-bond donors (Lipinski definition) is 2. The van der Waals surface area contributed by atoms with Gasteiger partial charge < -0.3 is 11.1 Å². The standard InChI is InChI=1S/C15H14N2O/c16-13-8-4-5-9-14(13)17-11-10-15(18)12-6-2-1-3-7-12/h1-11,17H,16H2/b11-10-. The van der Waals surface area contributed by atoms with Gasteiger partial charge in [-0.3, -0.25) is 4.79 Å². The molecule has 3 nitrogen and oxygen atoms in total. The minimum absolute atomic E-state index is 0.0439. The van der Waals surface area contributed by atoms with Crippen LogP contribution >= 0.6 is 0 Å². The molecule has 0 unspecified atom stereocenters. The highest BCUT2D eigenvalue weighted by molar-refractivity contribution is 6.04. The van der Waals surface area contributed by atoms with Crippen LogP contribution in [0.3, 0.4) is 0 Å². The average molecular weight is 238 g/mol. The molecule has 0 aliphatic rings. The van der Waals surface area contributed by atoms with E-state index in [1.165, 1.54) is 6.08 Å². The molecule has 90 valence electrons. The molecule has 3 N–H and O–H groups in total. The molecule has 0 spiro atoms. The Balaban J connectivity index is 2.01. The molecule has 0 atom stereocenters. The maximum absolute atomic E-state index is 11.8. The number of nitrogen functional groups attached to an aromatic ring is 1. The number of para-hydroxylation sites is 2. The van der Waals surface area contributed by atoms with Gasteiger partial charge in [0, 0.05) is 17.8 Å². The third kappa shape index (κ3) is 2.98. The van der Waals surface area contributed by atoms with Crippen LogP contribution in [-0.4, -0.2) is 5.78 Å². The van der Waals surface area contributed by atoms with Gasteiger partial charge in [0.2, 0.25) is 0 Å². The van der Waals surface area contributed by atoms with Crippen molar-refractivity contribution in [1.82, 2.24) is 0 Å². The fraction of sp³-hybridized carbons (Fsp3) is 0. The third-order valence-electron chi connectivity index (χ3n) is 2.49. The number of carbonyl (C=O) groups is 1. The third-order valence-corrected chi connectivity index (χ3v) is 2.49. The van der Waals surface area contributed by atoms with Crippen LogP contribution in [0, 0.1) is 0 Å².